The fourth-order valence-corrected chi connectivity index (χ4v) is 3.95. The first kappa shape index (κ1) is 23.6. The van der Waals surface area contributed by atoms with Crippen LogP contribution in [0.5, 0.6) is 0 Å². The number of likely N-dealkylation sites (N-methyl/N-ethyl adjacent to an activating group) is 1. The van der Waals surface area contributed by atoms with Gasteiger partial charge < -0.3 is 24.6 Å². The molecule has 0 aliphatic carbocycles. The third-order valence-electron chi connectivity index (χ3n) is 6.18. The van der Waals surface area contributed by atoms with Crippen molar-refractivity contribution in [2.24, 2.45) is 5.92 Å². The molecule has 1 saturated heterocycles. The predicted molar refractivity (Wildman–Crippen MR) is 134 cm³/mol. The molecule has 1 fully saturated rings. The van der Waals surface area contributed by atoms with Crippen molar-refractivity contribution in [1.29, 1.82) is 5.26 Å². The molecule has 1 unspecified atom stereocenters. The van der Waals surface area contributed by atoms with E-state index in [-0.39, 0.29) is 18.1 Å². The summed E-state index contributed by atoms with van der Waals surface area (Å²) in [5.74, 6) is 0.539. The molecule has 1 aliphatic heterocycles. The van der Waals surface area contributed by atoms with Crippen molar-refractivity contribution in [3.8, 4) is 17.4 Å². The summed E-state index contributed by atoms with van der Waals surface area (Å²) in [7, 11) is 2.16. The Morgan fingerprint density at radius 2 is 1.88 bits per heavy atom. The summed E-state index contributed by atoms with van der Waals surface area (Å²) in [4.78, 5) is 17.0. The van der Waals surface area contributed by atoms with Crippen molar-refractivity contribution in [3.05, 3.63) is 59.9 Å². The van der Waals surface area contributed by atoms with E-state index < -0.39 is 5.91 Å². The molecule has 3 aromatic rings. The summed E-state index contributed by atoms with van der Waals surface area (Å²) in [6.07, 6.45) is 1.44. The van der Waals surface area contributed by atoms with Gasteiger partial charge in [-0.3, -0.25) is 4.79 Å². The molecule has 34 heavy (non-hydrogen) atoms. The minimum Gasteiger partial charge on any atom is -0.457 e. The standard InChI is InChI=1S/C27H30N4O3/c1-19(18-32)17-29-27(33)23(16-28)15-25-7-8-26(34-25)22-4-3-21-14-24(6-5-20(21)13-22)31-11-9-30(2)10-12-31/h3-8,13-15,19,32H,9-12,17-18H2,1-2H3,(H,29,33)/b23-15+. The SMILES string of the molecule is CC(CO)CNC(=O)/C(C#N)=C/c1ccc(-c2ccc3cc(N4CCN(C)CC4)ccc3c2)o1. The lowest BCUT2D eigenvalue weighted by molar-refractivity contribution is -0.117. The first-order valence-corrected chi connectivity index (χ1v) is 11.5. The van der Waals surface area contributed by atoms with Crippen molar-refractivity contribution in [3.63, 3.8) is 0 Å². The number of aliphatic hydroxyl groups excluding tert-OH is 1. The molecule has 1 amide bonds. The first-order valence-electron chi connectivity index (χ1n) is 11.5. The average Bonchev–Trinajstić information content (AvgIpc) is 3.34. The number of fused-ring (bicyclic) bond motifs is 1. The Kier molecular flexibility index (Phi) is 7.31. The van der Waals surface area contributed by atoms with Crippen LogP contribution in [0.1, 0.15) is 12.7 Å². The molecule has 0 saturated carbocycles. The minimum absolute atomic E-state index is 0.0314. The van der Waals surface area contributed by atoms with E-state index in [0.717, 1.165) is 37.1 Å². The van der Waals surface area contributed by atoms with Gasteiger partial charge >= 0.3 is 0 Å². The number of anilines is 1. The Balaban J connectivity index is 1.50. The molecule has 176 valence electrons. The van der Waals surface area contributed by atoms with Crippen LogP contribution in [0.2, 0.25) is 0 Å². The number of hydrogen-bond acceptors (Lipinski definition) is 6. The molecule has 0 radical (unpaired) electrons. The third kappa shape index (κ3) is 5.48. The summed E-state index contributed by atoms with van der Waals surface area (Å²) in [6.45, 7) is 6.29. The largest absolute Gasteiger partial charge is 0.457 e. The van der Waals surface area contributed by atoms with Crippen LogP contribution in [-0.4, -0.2) is 62.3 Å². The monoisotopic (exact) mass is 458 g/mol. The van der Waals surface area contributed by atoms with Crippen LogP contribution in [0.3, 0.4) is 0 Å². The van der Waals surface area contributed by atoms with Crippen LogP contribution < -0.4 is 10.2 Å². The zero-order valence-electron chi connectivity index (χ0n) is 19.6. The van der Waals surface area contributed by atoms with Crippen molar-refractivity contribution < 1.29 is 14.3 Å². The van der Waals surface area contributed by atoms with Crippen LogP contribution in [0, 0.1) is 17.2 Å². The summed E-state index contributed by atoms with van der Waals surface area (Å²) in [6, 6.07) is 18.3. The molecule has 2 N–H and O–H groups in total. The van der Waals surface area contributed by atoms with Gasteiger partial charge in [0.15, 0.2) is 0 Å². The van der Waals surface area contributed by atoms with Gasteiger partial charge in [0.05, 0.1) is 0 Å². The molecule has 1 aromatic heterocycles. The highest BCUT2D eigenvalue weighted by Crippen LogP contribution is 2.29. The molecule has 0 spiro atoms. The highest BCUT2D eigenvalue weighted by atomic mass is 16.3. The summed E-state index contributed by atoms with van der Waals surface area (Å²) in [5, 5.41) is 23.4. The number of nitrogens with zero attached hydrogens (tertiary/aromatic N) is 3. The average molecular weight is 459 g/mol. The van der Waals surface area contributed by atoms with Crippen molar-refractivity contribution >= 4 is 28.4 Å². The predicted octanol–water partition coefficient (Wildman–Crippen LogP) is 3.50. The van der Waals surface area contributed by atoms with Gasteiger partial charge in [-0.2, -0.15) is 5.26 Å². The molecule has 1 aliphatic rings. The van der Waals surface area contributed by atoms with Gasteiger partial charge in [-0.25, -0.2) is 0 Å². The van der Waals surface area contributed by atoms with E-state index in [1.807, 2.05) is 25.1 Å². The molecule has 4 rings (SSSR count). The molecule has 2 aromatic carbocycles. The number of piperazine rings is 1. The lowest BCUT2D eigenvalue weighted by Crippen LogP contribution is -2.44. The molecule has 7 heteroatoms. The number of nitrogens with one attached hydrogen (secondary N) is 1. The normalized spacial score (nSPS) is 15.8. The summed E-state index contributed by atoms with van der Waals surface area (Å²) >= 11 is 0. The number of carbonyl (C=O) groups excluding carboxylic acids is 1. The molecule has 0 bridgehead atoms. The summed E-state index contributed by atoms with van der Waals surface area (Å²) < 4.78 is 5.92. The van der Waals surface area contributed by atoms with Crippen LogP contribution >= 0.6 is 0 Å². The van der Waals surface area contributed by atoms with E-state index in [1.54, 1.807) is 6.07 Å². The maximum Gasteiger partial charge on any atom is 0.262 e. The van der Waals surface area contributed by atoms with Crippen LogP contribution in [0.15, 0.2) is 58.5 Å². The molecular weight excluding hydrogens is 428 g/mol. The number of furan rings is 1. The van der Waals surface area contributed by atoms with E-state index in [4.69, 9.17) is 9.52 Å². The number of nitriles is 1. The molecule has 2 heterocycles. The van der Waals surface area contributed by atoms with Gasteiger partial charge in [-0.05, 0) is 54.1 Å². The van der Waals surface area contributed by atoms with Gasteiger partial charge in [-0.1, -0.05) is 25.1 Å². The number of hydrogen-bond donors (Lipinski definition) is 2. The Labute approximate surface area is 199 Å². The third-order valence-corrected chi connectivity index (χ3v) is 6.18. The Morgan fingerprint density at radius 3 is 2.62 bits per heavy atom. The van der Waals surface area contributed by atoms with E-state index in [9.17, 15) is 10.1 Å². The second-order valence-corrected chi connectivity index (χ2v) is 8.91. The van der Waals surface area contributed by atoms with Crippen LogP contribution in [0.4, 0.5) is 5.69 Å². The van der Waals surface area contributed by atoms with Gasteiger partial charge in [-0.15, -0.1) is 0 Å². The number of rotatable bonds is 7. The zero-order chi connectivity index (χ0) is 24.1. The lowest BCUT2D eigenvalue weighted by Gasteiger charge is -2.34. The fourth-order valence-electron chi connectivity index (χ4n) is 3.95. The molecule has 7 nitrogen and oxygen atoms in total. The zero-order valence-corrected chi connectivity index (χ0v) is 19.6. The quantitative estimate of drug-likeness (QED) is 0.416. The van der Waals surface area contributed by atoms with Gasteiger partial charge in [0.2, 0.25) is 0 Å². The van der Waals surface area contributed by atoms with E-state index in [1.165, 1.54) is 17.1 Å². The van der Waals surface area contributed by atoms with Crippen LogP contribution in [-0.2, 0) is 4.79 Å². The molecular formula is C27H30N4O3. The Bertz CT molecular complexity index is 1230. The maximum absolute atomic E-state index is 12.2. The fraction of sp³-hybridized carbons (Fsp3) is 0.333. The highest BCUT2D eigenvalue weighted by molar-refractivity contribution is 6.01. The number of aliphatic hydroxyl groups is 1. The van der Waals surface area contributed by atoms with Gasteiger partial charge in [0.25, 0.3) is 5.91 Å². The minimum atomic E-state index is -0.484. The molecule has 1 atom stereocenters. The number of carbonyl (C=O) groups is 1. The maximum atomic E-state index is 12.2. The van der Waals surface area contributed by atoms with Crippen molar-refractivity contribution in [2.75, 3.05) is 51.3 Å². The van der Waals surface area contributed by atoms with E-state index in [2.05, 4.69) is 52.5 Å². The number of amides is 1. The topological polar surface area (TPSA) is 92.7 Å². The van der Waals surface area contributed by atoms with E-state index >= 15 is 0 Å². The van der Waals surface area contributed by atoms with Crippen LogP contribution in [0.25, 0.3) is 28.2 Å². The second kappa shape index (κ2) is 10.6. The Hall–Kier alpha value is -3.60. The Morgan fingerprint density at radius 1 is 1.15 bits per heavy atom. The van der Waals surface area contributed by atoms with Gasteiger partial charge in [0.1, 0.15) is 23.2 Å². The van der Waals surface area contributed by atoms with Crippen molar-refractivity contribution in [2.45, 2.75) is 6.92 Å². The number of benzene rings is 2. The smallest absolute Gasteiger partial charge is 0.262 e. The first-order chi connectivity index (χ1) is 16.5. The van der Waals surface area contributed by atoms with Crippen molar-refractivity contribution in [1.82, 2.24) is 10.2 Å². The highest BCUT2D eigenvalue weighted by Gasteiger charge is 2.15. The lowest BCUT2D eigenvalue weighted by atomic mass is 10.0. The second-order valence-electron chi connectivity index (χ2n) is 8.91. The summed E-state index contributed by atoms with van der Waals surface area (Å²) in [5.41, 5.74) is 2.13. The van der Waals surface area contributed by atoms with Gasteiger partial charge in [0, 0.05) is 56.7 Å². The van der Waals surface area contributed by atoms with E-state index in [0.29, 0.717) is 18.1 Å².